The number of nitrogens with zero attached hydrogens (tertiary/aromatic N) is 1. The molecule has 0 aliphatic carbocycles. The minimum Gasteiger partial charge on any atom is -0.497 e. The number of benzene rings is 2. The Hall–Kier alpha value is -2.69. The molecule has 1 atom stereocenters. The van der Waals surface area contributed by atoms with E-state index in [1.165, 1.54) is 0 Å². The molecule has 0 spiro atoms. The van der Waals surface area contributed by atoms with Gasteiger partial charge in [0.25, 0.3) is 12.8 Å². The number of carbonyl (C=O) groups excluding carboxylic acids is 1. The summed E-state index contributed by atoms with van der Waals surface area (Å²) >= 11 is 0. The fourth-order valence-corrected chi connectivity index (χ4v) is 2.23. The highest BCUT2D eigenvalue weighted by atomic mass is 16.7. The van der Waals surface area contributed by atoms with Crippen LogP contribution in [0.5, 0.6) is 11.5 Å². The van der Waals surface area contributed by atoms with Crippen molar-refractivity contribution in [2.24, 2.45) is 0 Å². The molecule has 0 radical (unpaired) electrons. The number of hydrogen-bond acceptors (Lipinski definition) is 5. The lowest BCUT2D eigenvalue weighted by Crippen LogP contribution is -2.37. The second-order valence-electron chi connectivity index (χ2n) is 4.83. The lowest BCUT2D eigenvalue weighted by molar-refractivity contribution is -0.146. The molecule has 0 aliphatic heterocycles. The highest BCUT2D eigenvalue weighted by Gasteiger charge is 2.17. The van der Waals surface area contributed by atoms with Crippen molar-refractivity contribution in [3.8, 4) is 11.5 Å². The Morgan fingerprint density at radius 2 is 1.83 bits per heavy atom. The Morgan fingerprint density at radius 1 is 1.09 bits per heavy atom. The number of carbonyl (C=O) groups is 1. The maximum absolute atomic E-state index is 10.8. The fraction of sp³-hybridized carbons (Fsp3) is 0.278. The molecule has 0 fully saturated rings. The summed E-state index contributed by atoms with van der Waals surface area (Å²) in [5.41, 5.74) is 0.975. The molecular formula is C18H21NO4. The van der Waals surface area contributed by atoms with Gasteiger partial charge in [0.05, 0.1) is 13.7 Å². The van der Waals surface area contributed by atoms with Gasteiger partial charge in [-0.2, -0.15) is 0 Å². The minimum absolute atomic E-state index is 0.410. The maximum Gasteiger partial charge on any atom is 0.296 e. The number of methoxy groups -OCH3 is 1. The van der Waals surface area contributed by atoms with E-state index < -0.39 is 6.29 Å². The van der Waals surface area contributed by atoms with Gasteiger partial charge in [-0.25, -0.2) is 0 Å². The van der Waals surface area contributed by atoms with E-state index >= 15 is 0 Å². The van der Waals surface area contributed by atoms with Gasteiger partial charge in [-0.15, -0.1) is 0 Å². The molecule has 0 bridgehead atoms. The van der Waals surface area contributed by atoms with Gasteiger partial charge in [-0.05, 0) is 31.2 Å². The van der Waals surface area contributed by atoms with Crippen LogP contribution in [0.25, 0.3) is 0 Å². The Labute approximate surface area is 136 Å². The number of ether oxygens (including phenoxy) is 3. The van der Waals surface area contributed by atoms with Crippen LogP contribution in [0.1, 0.15) is 6.92 Å². The summed E-state index contributed by atoms with van der Waals surface area (Å²) in [6.45, 7) is 3.59. The van der Waals surface area contributed by atoms with Crippen molar-refractivity contribution in [3.63, 3.8) is 0 Å². The predicted molar refractivity (Wildman–Crippen MR) is 88.9 cm³/mol. The second kappa shape index (κ2) is 8.68. The van der Waals surface area contributed by atoms with E-state index in [-0.39, 0.29) is 0 Å². The molecule has 2 aromatic carbocycles. The summed E-state index contributed by atoms with van der Waals surface area (Å²) in [5, 5.41) is 0. The van der Waals surface area contributed by atoms with Crippen LogP contribution in [0.3, 0.4) is 0 Å². The van der Waals surface area contributed by atoms with Gasteiger partial charge in [-0.3, -0.25) is 4.79 Å². The number of para-hydroxylation sites is 1. The Kier molecular flexibility index (Phi) is 6.29. The molecule has 122 valence electrons. The summed E-state index contributed by atoms with van der Waals surface area (Å²) in [6.07, 6.45) is -0.693. The molecular weight excluding hydrogens is 294 g/mol. The van der Waals surface area contributed by atoms with Gasteiger partial charge in [0.15, 0.2) is 0 Å². The summed E-state index contributed by atoms with van der Waals surface area (Å²) in [6, 6.07) is 17.0. The molecule has 0 amide bonds. The van der Waals surface area contributed by atoms with E-state index in [1.807, 2.05) is 61.5 Å². The number of hydrogen-bond donors (Lipinski definition) is 0. The maximum atomic E-state index is 10.8. The number of likely N-dealkylation sites (N-methyl/N-ethyl adjacent to an activating group) is 1. The summed E-state index contributed by atoms with van der Waals surface area (Å²) in [7, 11) is 1.63. The van der Waals surface area contributed by atoms with Crippen LogP contribution in [0, 0.1) is 0 Å². The predicted octanol–water partition coefficient (Wildman–Crippen LogP) is 3.10. The van der Waals surface area contributed by atoms with Crippen molar-refractivity contribution < 1.29 is 19.0 Å². The van der Waals surface area contributed by atoms with Crippen LogP contribution < -0.4 is 14.4 Å². The zero-order valence-electron chi connectivity index (χ0n) is 13.3. The van der Waals surface area contributed by atoms with Gasteiger partial charge < -0.3 is 19.1 Å². The van der Waals surface area contributed by atoms with Crippen LogP contribution in [-0.4, -0.2) is 33.0 Å². The molecule has 0 saturated heterocycles. The van der Waals surface area contributed by atoms with Gasteiger partial charge in [-0.1, -0.05) is 24.3 Å². The first kappa shape index (κ1) is 16.7. The van der Waals surface area contributed by atoms with Crippen LogP contribution in [0.4, 0.5) is 5.69 Å². The molecule has 23 heavy (non-hydrogen) atoms. The Balaban J connectivity index is 2.10. The first-order chi connectivity index (χ1) is 11.3. The molecule has 2 aromatic rings. The highest BCUT2D eigenvalue weighted by Crippen LogP contribution is 2.22. The van der Waals surface area contributed by atoms with Crippen LogP contribution in [-0.2, 0) is 9.53 Å². The molecule has 1 unspecified atom stereocenters. The topological polar surface area (TPSA) is 48.0 Å². The third kappa shape index (κ3) is 4.92. The number of rotatable bonds is 9. The largest absolute Gasteiger partial charge is 0.497 e. The van der Waals surface area contributed by atoms with Gasteiger partial charge in [0.1, 0.15) is 11.5 Å². The first-order valence-electron chi connectivity index (χ1n) is 7.46. The lowest BCUT2D eigenvalue weighted by Gasteiger charge is -2.27. The van der Waals surface area contributed by atoms with Gasteiger partial charge in [0.2, 0.25) is 0 Å². The first-order valence-corrected chi connectivity index (χ1v) is 7.46. The monoisotopic (exact) mass is 315 g/mol. The highest BCUT2D eigenvalue weighted by molar-refractivity contribution is 5.51. The van der Waals surface area contributed by atoms with E-state index in [0.717, 1.165) is 18.0 Å². The minimum atomic E-state index is -0.693. The van der Waals surface area contributed by atoms with Crippen molar-refractivity contribution in [1.29, 1.82) is 0 Å². The molecule has 0 aromatic heterocycles. The smallest absolute Gasteiger partial charge is 0.296 e. The summed E-state index contributed by atoms with van der Waals surface area (Å²) < 4.78 is 16.1. The molecule has 0 heterocycles. The van der Waals surface area contributed by atoms with E-state index in [2.05, 4.69) is 4.90 Å². The Bertz CT molecular complexity index is 603. The van der Waals surface area contributed by atoms with Crippen molar-refractivity contribution in [1.82, 2.24) is 0 Å². The third-order valence-electron chi connectivity index (χ3n) is 3.39. The molecule has 0 saturated carbocycles. The Morgan fingerprint density at radius 3 is 2.48 bits per heavy atom. The molecule has 0 aliphatic rings. The zero-order valence-corrected chi connectivity index (χ0v) is 13.3. The second-order valence-corrected chi connectivity index (χ2v) is 4.83. The number of anilines is 1. The van der Waals surface area contributed by atoms with Crippen molar-refractivity contribution in [2.75, 3.05) is 25.1 Å². The lowest BCUT2D eigenvalue weighted by atomic mass is 10.2. The van der Waals surface area contributed by atoms with Crippen LogP contribution in [0.15, 0.2) is 54.6 Å². The van der Waals surface area contributed by atoms with Gasteiger partial charge in [0, 0.05) is 18.3 Å². The van der Waals surface area contributed by atoms with E-state index in [0.29, 0.717) is 18.8 Å². The van der Waals surface area contributed by atoms with E-state index in [4.69, 9.17) is 14.2 Å². The summed E-state index contributed by atoms with van der Waals surface area (Å²) in [5.74, 6) is 1.43. The normalized spacial score (nSPS) is 11.4. The standard InChI is InChI=1S/C18H21NO4/c1-3-19(15-8-7-11-17(12-15)21-2)13-18(22-14-20)23-16-9-5-4-6-10-16/h4-12,14,18H,3,13H2,1-2H3. The van der Waals surface area contributed by atoms with Crippen molar-refractivity contribution in [2.45, 2.75) is 13.2 Å². The molecule has 5 heteroatoms. The zero-order chi connectivity index (χ0) is 16.5. The third-order valence-corrected chi connectivity index (χ3v) is 3.39. The molecule has 0 N–H and O–H groups in total. The van der Waals surface area contributed by atoms with E-state index in [1.54, 1.807) is 7.11 Å². The van der Waals surface area contributed by atoms with E-state index in [9.17, 15) is 4.79 Å². The molecule has 2 rings (SSSR count). The SMILES string of the molecule is CCN(CC(OC=O)Oc1ccccc1)c1cccc(OC)c1. The quantitative estimate of drug-likeness (QED) is 0.526. The average Bonchev–Trinajstić information content (AvgIpc) is 2.60. The van der Waals surface area contributed by atoms with Crippen molar-refractivity contribution in [3.05, 3.63) is 54.6 Å². The average molecular weight is 315 g/mol. The van der Waals surface area contributed by atoms with Crippen LogP contribution >= 0.6 is 0 Å². The van der Waals surface area contributed by atoms with Gasteiger partial charge >= 0.3 is 0 Å². The van der Waals surface area contributed by atoms with Crippen molar-refractivity contribution >= 4 is 12.2 Å². The summed E-state index contributed by atoms with van der Waals surface area (Å²) in [4.78, 5) is 12.8. The van der Waals surface area contributed by atoms with Crippen LogP contribution in [0.2, 0.25) is 0 Å². The fourth-order valence-electron chi connectivity index (χ4n) is 2.23. The molecule has 5 nitrogen and oxygen atoms in total.